The van der Waals surface area contributed by atoms with Crippen molar-refractivity contribution in [1.29, 1.82) is 0 Å². The van der Waals surface area contributed by atoms with Crippen molar-refractivity contribution in [3.8, 4) is 0 Å². The van der Waals surface area contributed by atoms with Crippen molar-refractivity contribution >= 4 is 22.6 Å². The van der Waals surface area contributed by atoms with Gasteiger partial charge in [-0.2, -0.15) is 0 Å². The van der Waals surface area contributed by atoms with Gasteiger partial charge in [-0.1, -0.05) is 25.4 Å². The molecule has 0 fully saturated rings. The van der Waals surface area contributed by atoms with Crippen LogP contribution in [0.1, 0.15) is 32.5 Å². The maximum absolute atomic E-state index is 6.03. The Hall–Kier alpha value is -1.06. The van der Waals surface area contributed by atoms with Gasteiger partial charge >= 0.3 is 0 Å². The molecule has 0 radical (unpaired) electrons. The van der Waals surface area contributed by atoms with Gasteiger partial charge in [-0.05, 0) is 49.4 Å². The second-order valence-electron chi connectivity index (χ2n) is 5.84. The average Bonchev–Trinajstić information content (AvgIpc) is 2.70. The molecule has 1 aromatic carbocycles. The summed E-state index contributed by atoms with van der Waals surface area (Å²) in [5, 5.41) is 0.741. The van der Waals surface area contributed by atoms with Crippen LogP contribution >= 0.6 is 11.6 Å². The zero-order valence-corrected chi connectivity index (χ0v) is 13.3. The van der Waals surface area contributed by atoms with E-state index in [0.29, 0.717) is 11.8 Å². The van der Waals surface area contributed by atoms with E-state index >= 15 is 0 Å². The number of hydrogen-bond donors (Lipinski definition) is 1. The van der Waals surface area contributed by atoms with Gasteiger partial charge in [0.15, 0.2) is 0 Å². The van der Waals surface area contributed by atoms with E-state index in [0.717, 1.165) is 47.7 Å². The Kier molecular flexibility index (Phi) is 5.06. The summed E-state index contributed by atoms with van der Waals surface area (Å²) in [7, 11) is 2.08. The molecule has 0 amide bonds. The molecule has 3 nitrogen and oxygen atoms in total. The summed E-state index contributed by atoms with van der Waals surface area (Å²) >= 11 is 6.03. The monoisotopic (exact) mass is 293 g/mol. The van der Waals surface area contributed by atoms with Crippen LogP contribution in [0.15, 0.2) is 18.2 Å². The molecule has 0 spiro atoms. The lowest BCUT2D eigenvalue weighted by Gasteiger charge is -2.19. The molecule has 0 saturated carbocycles. The van der Waals surface area contributed by atoms with Gasteiger partial charge in [-0.25, -0.2) is 4.98 Å². The van der Waals surface area contributed by atoms with E-state index in [1.54, 1.807) is 0 Å². The van der Waals surface area contributed by atoms with E-state index in [2.05, 4.69) is 25.5 Å². The van der Waals surface area contributed by atoms with Crippen molar-refractivity contribution in [2.24, 2.45) is 24.6 Å². The SMILES string of the molecule is CC(C)C(CCN)CCc1nc2cc(Cl)ccc2n1C. The Morgan fingerprint density at radius 1 is 1.30 bits per heavy atom. The fraction of sp³-hybridized carbons (Fsp3) is 0.562. The van der Waals surface area contributed by atoms with E-state index in [-0.39, 0.29) is 0 Å². The van der Waals surface area contributed by atoms with E-state index in [4.69, 9.17) is 22.3 Å². The van der Waals surface area contributed by atoms with Crippen molar-refractivity contribution < 1.29 is 0 Å². The highest BCUT2D eigenvalue weighted by Gasteiger charge is 2.15. The van der Waals surface area contributed by atoms with Gasteiger partial charge in [0.05, 0.1) is 11.0 Å². The first-order chi connectivity index (χ1) is 9.52. The van der Waals surface area contributed by atoms with E-state index in [9.17, 15) is 0 Å². The number of aryl methyl sites for hydroxylation is 2. The first-order valence-electron chi connectivity index (χ1n) is 7.33. The summed E-state index contributed by atoms with van der Waals surface area (Å²) in [4.78, 5) is 4.71. The van der Waals surface area contributed by atoms with Crippen LogP contribution in [0.5, 0.6) is 0 Å². The fourth-order valence-electron chi connectivity index (χ4n) is 2.79. The second-order valence-corrected chi connectivity index (χ2v) is 6.28. The molecule has 4 heteroatoms. The van der Waals surface area contributed by atoms with Gasteiger partial charge in [0.2, 0.25) is 0 Å². The predicted molar refractivity (Wildman–Crippen MR) is 86.0 cm³/mol. The first kappa shape index (κ1) is 15.3. The van der Waals surface area contributed by atoms with E-state index in [1.807, 2.05) is 18.2 Å². The Labute approximate surface area is 126 Å². The maximum atomic E-state index is 6.03. The molecule has 0 aliphatic carbocycles. The number of halogens is 1. The van der Waals surface area contributed by atoms with Crippen molar-refractivity contribution in [3.05, 3.63) is 29.0 Å². The van der Waals surface area contributed by atoms with Crippen molar-refractivity contribution in [2.45, 2.75) is 33.1 Å². The molecule has 2 rings (SSSR count). The highest BCUT2D eigenvalue weighted by atomic mass is 35.5. The highest BCUT2D eigenvalue weighted by molar-refractivity contribution is 6.31. The molecular weight excluding hydrogens is 270 g/mol. The van der Waals surface area contributed by atoms with E-state index in [1.165, 1.54) is 0 Å². The summed E-state index contributed by atoms with van der Waals surface area (Å²) in [6.45, 7) is 5.31. The Morgan fingerprint density at radius 3 is 2.70 bits per heavy atom. The summed E-state index contributed by atoms with van der Waals surface area (Å²) in [5.41, 5.74) is 7.83. The van der Waals surface area contributed by atoms with Crippen molar-refractivity contribution in [2.75, 3.05) is 6.54 Å². The molecule has 0 aliphatic heterocycles. The van der Waals surface area contributed by atoms with Gasteiger partial charge in [-0.3, -0.25) is 0 Å². The molecule has 1 unspecified atom stereocenters. The molecular formula is C16H24ClN3. The molecule has 2 aromatic rings. The van der Waals surface area contributed by atoms with Crippen LogP contribution in [0.4, 0.5) is 0 Å². The van der Waals surface area contributed by atoms with E-state index < -0.39 is 0 Å². The maximum Gasteiger partial charge on any atom is 0.109 e. The average molecular weight is 294 g/mol. The molecule has 0 aliphatic rings. The summed E-state index contributed by atoms with van der Waals surface area (Å²) in [6, 6.07) is 5.88. The number of nitrogens with zero attached hydrogens (tertiary/aromatic N) is 2. The molecule has 0 bridgehead atoms. The lowest BCUT2D eigenvalue weighted by Crippen LogP contribution is -2.16. The van der Waals surface area contributed by atoms with Gasteiger partial charge in [0.25, 0.3) is 0 Å². The zero-order chi connectivity index (χ0) is 14.7. The van der Waals surface area contributed by atoms with Gasteiger partial charge in [0, 0.05) is 18.5 Å². The minimum Gasteiger partial charge on any atom is -0.331 e. The number of hydrogen-bond acceptors (Lipinski definition) is 2. The third-order valence-electron chi connectivity index (χ3n) is 4.15. The number of rotatable bonds is 6. The molecule has 0 saturated heterocycles. The number of imidazole rings is 1. The van der Waals surface area contributed by atoms with Crippen LogP contribution in [-0.2, 0) is 13.5 Å². The first-order valence-corrected chi connectivity index (χ1v) is 7.71. The van der Waals surface area contributed by atoms with Crippen molar-refractivity contribution in [3.63, 3.8) is 0 Å². The van der Waals surface area contributed by atoms with Gasteiger partial charge in [0.1, 0.15) is 5.82 Å². The predicted octanol–water partition coefficient (Wildman–Crippen LogP) is 3.78. The van der Waals surface area contributed by atoms with Crippen LogP contribution in [0.2, 0.25) is 5.02 Å². The minimum atomic E-state index is 0.669. The smallest absolute Gasteiger partial charge is 0.109 e. The van der Waals surface area contributed by atoms with Crippen molar-refractivity contribution in [1.82, 2.24) is 9.55 Å². The molecule has 1 atom stereocenters. The molecule has 110 valence electrons. The van der Waals surface area contributed by atoms with Gasteiger partial charge < -0.3 is 10.3 Å². The quantitative estimate of drug-likeness (QED) is 0.881. The zero-order valence-electron chi connectivity index (χ0n) is 12.6. The van der Waals surface area contributed by atoms with Crippen LogP contribution in [-0.4, -0.2) is 16.1 Å². The largest absolute Gasteiger partial charge is 0.331 e. The third kappa shape index (κ3) is 3.33. The van der Waals surface area contributed by atoms with Gasteiger partial charge in [-0.15, -0.1) is 0 Å². The summed E-state index contributed by atoms with van der Waals surface area (Å²) in [5.74, 6) is 2.47. The number of fused-ring (bicyclic) bond motifs is 1. The number of aromatic nitrogens is 2. The van der Waals surface area contributed by atoms with Crippen LogP contribution in [0, 0.1) is 11.8 Å². The molecule has 2 N–H and O–H groups in total. The lowest BCUT2D eigenvalue weighted by molar-refractivity contribution is 0.338. The highest BCUT2D eigenvalue weighted by Crippen LogP contribution is 2.24. The fourth-order valence-corrected chi connectivity index (χ4v) is 2.95. The second kappa shape index (κ2) is 6.59. The summed E-state index contributed by atoms with van der Waals surface area (Å²) in [6.07, 6.45) is 3.22. The third-order valence-corrected chi connectivity index (χ3v) is 4.39. The normalized spacial score (nSPS) is 13.3. The number of nitrogens with two attached hydrogens (primary N) is 1. The Morgan fingerprint density at radius 2 is 2.05 bits per heavy atom. The minimum absolute atomic E-state index is 0.669. The summed E-state index contributed by atoms with van der Waals surface area (Å²) < 4.78 is 2.17. The topological polar surface area (TPSA) is 43.8 Å². The Balaban J connectivity index is 2.15. The number of benzene rings is 1. The standard InChI is InChI=1S/C16H24ClN3/c1-11(2)12(8-9-18)4-7-16-19-14-10-13(17)5-6-15(14)20(16)3/h5-6,10-12H,4,7-9,18H2,1-3H3. The molecule has 20 heavy (non-hydrogen) atoms. The lowest BCUT2D eigenvalue weighted by atomic mass is 9.88. The van der Waals surface area contributed by atoms with Crippen LogP contribution in [0.3, 0.4) is 0 Å². The van der Waals surface area contributed by atoms with Crippen LogP contribution in [0.25, 0.3) is 11.0 Å². The molecule has 1 heterocycles. The van der Waals surface area contributed by atoms with Crippen LogP contribution < -0.4 is 5.73 Å². The Bertz CT molecular complexity index is 574. The molecule has 1 aromatic heterocycles.